The lowest BCUT2D eigenvalue weighted by molar-refractivity contribution is 0.258. The van der Waals surface area contributed by atoms with Gasteiger partial charge in [0.25, 0.3) is 11.4 Å². The van der Waals surface area contributed by atoms with Gasteiger partial charge in [0, 0.05) is 5.02 Å². The maximum absolute atomic E-state index is 12.7. The molecule has 2 aromatic heterocycles. The first-order valence-corrected chi connectivity index (χ1v) is 8.64. The summed E-state index contributed by atoms with van der Waals surface area (Å²) in [5, 5.41) is 9.14. The Balaban J connectivity index is 1.52. The molecule has 0 saturated carbocycles. The van der Waals surface area contributed by atoms with E-state index in [4.69, 9.17) is 20.8 Å². The molecule has 136 valence electrons. The molecule has 2 heterocycles. The smallest absolute Gasteiger partial charge is 0.261 e. The standard InChI is InChI=1S/C19H15ClN4O3/c1-12-21-16-5-3-2-4-15(16)19(25)24(12)10-17-22-23-18(27-17)11-26-14-8-6-13(20)7-9-14/h2-9H,10-11H2,1H3. The Morgan fingerprint density at radius 2 is 1.81 bits per heavy atom. The molecule has 0 N–H and O–H groups in total. The van der Waals surface area contributed by atoms with Crippen molar-refractivity contribution in [1.29, 1.82) is 0 Å². The molecule has 2 aromatic carbocycles. The van der Waals surface area contributed by atoms with Crippen molar-refractivity contribution in [2.45, 2.75) is 20.1 Å². The van der Waals surface area contributed by atoms with Crippen LogP contribution in [0.1, 0.15) is 17.6 Å². The van der Waals surface area contributed by atoms with Gasteiger partial charge < -0.3 is 9.15 Å². The van der Waals surface area contributed by atoms with Crippen molar-refractivity contribution >= 4 is 22.5 Å². The van der Waals surface area contributed by atoms with Gasteiger partial charge in [-0.3, -0.25) is 9.36 Å². The van der Waals surface area contributed by atoms with Crippen LogP contribution in [0, 0.1) is 6.92 Å². The van der Waals surface area contributed by atoms with Crippen LogP contribution in [0.5, 0.6) is 5.75 Å². The Morgan fingerprint density at radius 3 is 2.63 bits per heavy atom. The molecule has 0 radical (unpaired) electrons. The number of fused-ring (bicyclic) bond motifs is 1. The van der Waals surface area contributed by atoms with E-state index in [0.29, 0.717) is 39.3 Å². The van der Waals surface area contributed by atoms with Crippen LogP contribution in [-0.2, 0) is 13.2 Å². The van der Waals surface area contributed by atoms with Crippen LogP contribution in [0.3, 0.4) is 0 Å². The highest BCUT2D eigenvalue weighted by molar-refractivity contribution is 6.30. The minimum atomic E-state index is -0.143. The topological polar surface area (TPSA) is 83.0 Å². The molecule has 0 fully saturated rings. The van der Waals surface area contributed by atoms with Crippen LogP contribution in [0.4, 0.5) is 0 Å². The molecule has 0 aliphatic rings. The van der Waals surface area contributed by atoms with Gasteiger partial charge in [0.1, 0.15) is 18.1 Å². The normalized spacial score (nSPS) is 11.0. The number of aromatic nitrogens is 4. The fourth-order valence-corrected chi connectivity index (χ4v) is 2.81. The van der Waals surface area contributed by atoms with Gasteiger partial charge in [-0.15, -0.1) is 10.2 Å². The Kier molecular flexibility index (Phi) is 4.60. The van der Waals surface area contributed by atoms with Crippen LogP contribution in [-0.4, -0.2) is 19.7 Å². The molecule has 0 aliphatic carbocycles. The lowest BCUT2D eigenvalue weighted by atomic mass is 10.2. The van der Waals surface area contributed by atoms with Crippen molar-refractivity contribution in [1.82, 2.24) is 19.7 Å². The van der Waals surface area contributed by atoms with Crippen molar-refractivity contribution in [3.8, 4) is 5.75 Å². The first-order chi connectivity index (χ1) is 13.1. The zero-order valence-electron chi connectivity index (χ0n) is 14.4. The zero-order valence-corrected chi connectivity index (χ0v) is 15.2. The van der Waals surface area contributed by atoms with Gasteiger partial charge in [-0.25, -0.2) is 4.98 Å². The summed E-state index contributed by atoms with van der Waals surface area (Å²) in [4.78, 5) is 17.2. The van der Waals surface area contributed by atoms with Gasteiger partial charge in [-0.2, -0.15) is 0 Å². The second-order valence-electron chi connectivity index (χ2n) is 5.90. The third kappa shape index (κ3) is 3.68. The summed E-state index contributed by atoms with van der Waals surface area (Å²) in [6, 6.07) is 14.2. The van der Waals surface area contributed by atoms with Crippen LogP contribution in [0.15, 0.2) is 57.7 Å². The SMILES string of the molecule is Cc1nc2ccccc2c(=O)n1Cc1nnc(COc2ccc(Cl)cc2)o1. The highest BCUT2D eigenvalue weighted by atomic mass is 35.5. The van der Waals surface area contributed by atoms with E-state index in [-0.39, 0.29) is 18.7 Å². The number of rotatable bonds is 5. The second-order valence-corrected chi connectivity index (χ2v) is 6.34. The molecule has 8 heteroatoms. The maximum Gasteiger partial charge on any atom is 0.261 e. The van der Waals surface area contributed by atoms with Crippen molar-refractivity contribution in [2.24, 2.45) is 0 Å². The Hall–Kier alpha value is -3.19. The summed E-state index contributed by atoms with van der Waals surface area (Å²) in [5.74, 6) is 1.85. The van der Waals surface area contributed by atoms with Crippen LogP contribution in [0.2, 0.25) is 5.02 Å². The van der Waals surface area contributed by atoms with E-state index in [2.05, 4.69) is 15.2 Å². The molecular weight excluding hydrogens is 368 g/mol. The molecule has 27 heavy (non-hydrogen) atoms. The summed E-state index contributed by atoms with van der Waals surface area (Å²) in [7, 11) is 0. The van der Waals surface area contributed by atoms with E-state index in [9.17, 15) is 4.79 Å². The minimum Gasteiger partial charge on any atom is -0.484 e. The van der Waals surface area contributed by atoms with Crippen molar-refractivity contribution < 1.29 is 9.15 Å². The number of nitrogens with zero attached hydrogens (tertiary/aromatic N) is 4. The van der Waals surface area contributed by atoms with E-state index in [1.807, 2.05) is 18.2 Å². The summed E-state index contributed by atoms with van der Waals surface area (Å²) < 4.78 is 12.7. The van der Waals surface area contributed by atoms with Crippen LogP contribution in [0.25, 0.3) is 10.9 Å². The molecule has 4 rings (SSSR count). The van der Waals surface area contributed by atoms with E-state index in [1.165, 1.54) is 4.57 Å². The lowest BCUT2D eigenvalue weighted by Crippen LogP contribution is -2.24. The Bertz CT molecular complexity index is 1150. The lowest BCUT2D eigenvalue weighted by Gasteiger charge is -2.08. The molecule has 0 bridgehead atoms. The number of ether oxygens (including phenoxy) is 1. The van der Waals surface area contributed by atoms with E-state index < -0.39 is 0 Å². The first kappa shape index (κ1) is 17.2. The summed E-state index contributed by atoms with van der Waals surface area (Å²) in [6.07, 6.45) is 0. The molecular formula is C19H15ClN4O3. The average molecular weight is 383 g/mol. The maximum atomic E-state index is 12.7. The number of halogens is 1. The molecule has 7 nitrogen and oxygen atoms in total. The van der Waals surface area contributed by atoms with Gasteiger partial charge in [-0.05, 0) is 43.3 Å². The number of aryl methyl sites for hydroxylation is 1. The molecule has 0 spiro atoms. The monoisotopic (exact) mass is 382 g/mol. The second kappa shape index (κ2) is 7.20. The number of hydrogen-bond donors (Lipinski definition) is 0. The average Bonchev–Trinajstić information content (AvgIpc) is 3.12. The van der Waals surface area contributed by atoms with Gasteiger partial charge in [0.15, 0.2) is 6.61 Å². The predicted molar refractivity (Wildman–Crippen MR) is 99.9 cm³/mol. The van der Waals surface area contributed by atoms with Gasteiger partial charge in [0.05, 0.1) is 10.9 Å². The van der Waals surface area contributed by atoms with E-state index in [1.54, 1.807) is 37.3 Å². The minimum absolute atomic E-state index is 0.123. The van der Waals surface area contributed by atoms with E-state index in [0.717, 1.165) is 0 Å². The molecule has 0 aliphatic heterocycles. The van der Waals surface area contributed by atoms with Crippen molar-refractivity contribution in [3.63, 3.8) is 0 Å². The predicted octanol–water partition coefficient (Wildman–Crippen LogP) is 3.37. The third-order valence-electron chi connectivity index (χ3n) is 4.03. The zero-order chi connectivity index (χ0) is 18.8. The fraction of sp³-hybridized carbons (Fsp3) is 0.158. The largest absolute Gasteiger partial charge is 0.484 e. The summed E-state index contributed by atoms with van der Waals surface area (Å²) >= 11 is 5.84. The number of benzene rings is 2. The fourth-order valence-electron chi connectivity index (χ4n) is 2.69. The Labute approximate surface area is 159 Å². The van der Waals surface area contributed by atoms with Crippen LogP contribution >= 0.6 is 11.6 Å². The summed E-state index contributed by atoms with van der Waals surface area (Å²) in [5.41, 5.74) is 0.522. The van der Waals surface area contributed by atoms with E-state index >= 15 is 0 Å². The van der Waals surface area contributed by atoms with Gasteiger partial charge in [0.2, 0.25) is 5.89 Å². The molecule has 0 amide bonds. The molecule has 0 unspecified atom stereocenters. The van der Waals surface area contributed by atoms with Gasteiger partial charge in [-0.1, -0.05) is 23.7 Å². The number of para-hydroxylation sites is 1. The van der Waals surface area contributed by atoms with Crippen LogP contribution < -0.4 is 10.3 Å². The highest BCUT2D eigenvalue weighted by Gasteiger charge is 2.12. The summed E-state index contributed by atoms with van der Waals surface area (Å²) in [6.45, 7) is 2.05. The molecule has 0 atom stereocenters. The third-order valence-corrected chi connectivity index (χ3v) is 4.28. The highest BCUT2D eigenvalue weighted by Crippen LogP contribution is 2.17. The van der Waals surface area contributed by atoms with Crippen molar-refractivity contribution in [2.75, 3.05) is 0 Å². The Morgan fingerprint density at radius 1 is 1.07 bits per heavy atom. The quantitative estimate of drug-likeness (QED) is 0.526. The van der Waals surface area contributed by atoms with Crippen molar-refractivity contribution in [3.05, 3.63) is 81.5 Å². The molecule has 4 aromatic rings. The number of hydrogen-bond acceptors (Lipinski definition) is 6. The first-order valence-electron chi connectivity index (χ1n) is 8.26. The molecule has 0 saturated heterocycles. The van der Waals surface area contributed by atoms with Gasteiger partial charge >= 0.3 is 0 Å².